The normalized spacial score (nSPS) is 13.5. The molecule has 0 radical (unpaired) electrons. The zero-order valence-corrected chi connectivity index (χ0v) is 12.9. The van der Waals surface area contributed by atoms with Crippen molar-refractivity contribution in [2.45, 2.75) is 13.5 Å². The van der Waals surface area contributed by atoms with Crippen LogP contribution < -0.4 is 0 Å². The zero-order valence-electron chi connectivity index (χ0n) is 12.9. The van der Waals surface area contributed by atoms with Crippen LogP contribution in [0, 0.1) is 6.92 Å². The molecular weight excluding hydrogens is 306 g/mol. The van der Waals surface area contributed by atoms with E-state index in [1.807, 2.05) is 31.2 Å². The Morgan fingerprint density at radius 1 is 0.875 bits per heavy atom. The molecule has 24 heavy (non-hydrogen) atoms. The van der Waals surface area contributed by atoms with E-state index < -0.39 is 0 Å². The molecule has 3 aromatic rings. The van der Waals surface area contributed by atoms with Crippen molar-refractivity contribution in [2.75, 3.05) is 0 Å². The maximum absolute atomic E-state index is 12.4. The number of imide groups is 1. The Bertz CT molecular complexity index is 926. The Morgan fingerprint density at radius 2 is 1.46 bits per heavy atom. The predicted octanol–water partition coefficient (Wildman–Crippen LogP) is 2.84. The fraction of sp³-hybridized carbons (Fsp3) is 0.111. The lowest BCUT2D eigenvalue weighted by Gasteiger charge is -2.10. The average molecular weight is 319 g/mol. The van der Waals surface area contributed by atoms with Crippen molar-refractivity contribution in [1.82, 2.24) is 15.1 Å². The molecule has 0 saturated carbocycles. The van der Waals surface area contributed by atoms with Crippen molar-refractivity contribution >= 4 is 11.8 Å². The number of aromatic nitrogens is 2. The summed E-state index contributed by atoms with van der Waals surface area (Å²) in [5.41, 5.74) is 2.65. The molecule has 0 aliphatic carbocycles. The summed E-state index contributed by atoms with van der Waals surface area (Å²) in [6.07, 6.45) is 0. The number of nitrogens with zero attached hydrogens (tertiary/aromatic N) is 3. The van der Waals surface area contributed by atoms with Crippen molar-refractivity contribution in [3.8, 4) is 11.5 Å². The lowest BCUT2D eigenvalue weighted by molar-refractivity contribution is 0.0629. The summed E-state index contributed by atoms with van der Waals surface area (Å²) in [5, 5.41) is 7.99. The SMILES string of the molecule is Cc1ccccc1-c1nnc(CN2C(=O)c3ccccc3C2=O)o1. The molecule has 6 nitrogen and oxygen atoms in total. The summed E-state index contributed by atoms with van der Waals surface area (Å²) in [7, 11) is 0. The summed E-state index contributed by atoms with van der Waals surface area (Å²) in [4.78, 5) is 25.8. The van der Waals surface area contributed by atoms with Crippen LogP contribution in [0.1, 0.15) is 32.2 Å². The zero-order chi connectivity index (χ0) is 16.7. The number of carbonyl (C=O) groups is 2. The van der Waals surface area contributed by atoms with E-state index in [0.717, 1.165) is 16.0 Å². The van der Waals surface area contributed by atoms with Crippen molar-refractivity contribution in [1.29, 1.82) is 0 Å². The number of carbonyl (C=O) groups excluding carboxylic acids is 2. The lowest BCUT2D eigenvalue weighted by Crippen LogP contribution is -2.29. The fourth-order valence-electron chi connectivity index (χ4n) is 2.76. The van der Waals surface area contributed by atoms with Crippen LogP contribution in [0.25, 0.3) is 11.5 Å². The Labute approximate surface area is 137 Å². The standard InChI is InChI=1S/C18H13N3O3/c1-11-6-2-3-7-12(11)16-20-19-15(24-16)10-21-17(22)13-8-4-5-9-14(13)18(21)23/h2-9H,10H2,1H3. The van der Waals surface area contributed by atoms with E-state index in [0.29, 0.717) is 17.0 Å². The third-order valence-electron chi connectivity index (χ3n) is 4.01. The van der Waals surface area contributed by atoms with Crippen LogP contribution in [-0.4, -0.2) is 26.9 Å². The molecular formula is C18H13N3O3. The van der Waals surface area contributed by atoms with E-state index in [1.54, 1.807) is 24.3 Å². The minimum absolute atomic E-state index is 0.0365. The highest BCUT2D eigenvalue weighted by Crippen LogP contribution is 2.26. The molecule has 0 N–H and O–H groups in total. The first-order chi connectivity index (χ1) is 11.6. The van der Waals surface area contributed by atoms with Crippen molar-refractivity contribution in [3.05, 3.63) is 71.1 Å². The van der Waals surface area contributed by atoms with E-state index in [2.05, 4.69) is 10.2 Å². The van der Waals surface area contributed by atoms with Gasteiger partial charge < -0.3 is 4.42 Å². The highest BCUT2D eigenvalue weighted by atomic mass is 16.4. The number of rotatable bonds is 3. The smallest absolute Gasteiger partial charge is 0.262 e. The molecule has 2 amide bonds. The van der Waals surface area contributed by atoms with Crippen molar-refractivity contribution < 1.29 is 14.0 Å². The first kappa shape index (κ1) is 14.3. The number of amides is 2. The number of fused-ring (bicyclic) bond motifs is 1. The minimum atomic E-state index is -0.341. The predicted molar refractivity (Wildman–Crippen MR) is 85.1 cm³/mol. The maximum Gasteiger partial charge on any atom is 0.262 e. The maximum atomic E-state index is 12.4. The van der Waals surface area contributed by atoms with Crippen molar-refractivity contribution in [2.24, 2.45) is 0 Å². The van der Waals surface area contributed by atoms with Gasteiger partial charge in [0.25, 0.3) is 11.8 Å². The quantitative estimate of drug-likeness (QED) is 0.694. The Kier molecular flexibility index (Phi) is 3.23. The van der Waals surface area contributed by atoms with Crippen LogP contribution in [0.15, 0.2) is 52.9 Å². The molecule has 0 saturated heterocycles. The van der Waals surface area contributed by atoms with Gasteiger partial charge in [-0.1, -0.05) is 30.3 Å². The Hall–Kier alpha value is -3.28. The number of hydrogen-bond acceptors (Lipinski definition) is 5. The molecule has 0 fully saturated rings. The van der Waals surface area contributed by atoms with E-state index >= 15 is 0 Å². The third kappa shape index (κ3) is 2.20. The van der Waals surface area contributed by atoms with Crippen LogP contribution in [0.2, 0.25) is 0 Å². The van der Waals surface area contributed by atoms with E-state index in [9.17, 15) is 9.59 Å². The lowest BCUT2D eigenvalue weighted by atomic mass is 10.1. The van der Waals surface area contributed by atoms with Gasteiger partial charge in [-0.15, -0.1) is 10.2 Å². The van der Waals surface area contributed by atoms with E-state index in [1.165, 1.54) is 0 Å². The first-order valence-electron chi connectivity index (χ1n) is 7.49. The van der Waals surface area contributed by atoms with Gasteiger partial charge >= 0.3 is 0 Å². The van der Waals surface area contributed by atoms with Crippen LogP contribution in [-0.2, 0) is 6.54 Å². The van der Waals surface area contributed by atoms with E-state index in [-0.39, 0.29) is 24.2 Å². The topological polar surface area (TPSA) is 76.3 Å². The van der Waals surface area contributed by atoms with Gasteiger partial charge in [0.2, 0.25) is 11.8 Å². The molecule has 2 aromatic carbocycles. The molecule has 1 aliphatic heterocycles. The molecule has 0 unspecified atom stereocenters. The molecule has 0 bridgehead atoms. The summed E-state index contributed by atoms with van der Waals surface area (Å²) in [5.74, 6) is -0.0834. The largest absolute Gasteiger partial charge is 0.419 e. The average Bonchev–Trinajstić information content (AvgIpc) is 3.15. The van der Waals surface area contributed by atoms with Gasteiger partial charge in [-0.25, -0.2) is 0 Å². The molecule has 1 aliphatic rings. The summed E-state index contributed by atoms with van der Waals surface area (Å²) in [6.45, 7) is 1.91. The summed E-state index contributed by atoms with van der Waals surface area (Å²) >= 11 is 0. The number of hydrogen-bond donors (Lipinski definition) is 0. The molecule has 6 heteroatoms. The molecule has 0 atom stereocenters. The molecule has 4 rings (SSSR count). The second kappa shape index (κ2) is 5.42. The van der Waals surface area contributed by atoms with Crippen LogP contribution in [0.4, 0.5) is 0 Å². The Morgan fingerprint density at radius 3 is 2.08 bits per heavy atom. The van der Waals surface area contributed by atoms with E-state index in [4.69, 9.17) is 4.42 Å². The van der Waals surface area contributed by atoms with Gasteiger partial charge in [0.1, 0.15) is 6.54 Å². The Balaban J connectivity index is 1.61. The number of aryl methyl sites for hydroxylation is 1. The summed E-state index contributed by atoms with van der Waals surface area (Å²) in [6, 6.07) is 14.4. The summed E-state index contributed by atoms with van der Waals surface area (Å²) < 4.78 is 5.64. The second-order valence-electron chi connectivity index (χ2n) is 5.56. The second-order valence-corrected chi connectivity index (χ2v) is 5.56. The monoisotopic (exact) mass is 319 g/mol. The van der Waals surface area contributed by atoms with Crippen LogP contribution in [0.5, 0.6) is 0 Å². The van der Waals surface area contributed by atoms with Crippen LogP contribution in [0.3, 0.4) is 0 Å². The van der Waals surface area contributed by atoms with Gasteiger partial charge in [0.15, 0.2) is 0 Å². The molecule has 118 valence electrons. The minimum Gasteiger partial charge on any atom is -0.419 e. The molecule has 2 heterocycles. The van der Waals surface area contributed by atoms with Crippen LogP contribution >= 0.6 is 0 Å². The van der Waals surface area contributed by atoms with Gasteiger partial charge in [-0.2, -0.15) is 0 Å². The highest BCUT2D eigenvalue weighted by Gasteiger charge is 2.36. The van der Waals surface area contributed by atoms with Gasteiger partial charge in [0.05, 0.1) is 11.1 Å². The van der Waals surface area contributed by atoms with Crippen molar-refractivity contribution in [3.63, 3.8) is 0 Å². The van der Waals surface area contributed by atoms with Gasteiger partial charge in [-0.3, -0.25) is 14.5 Å². The molecule has 0 spiro atoms. The first-order valence-corrected chi connectivity index (χ1v) is 7.49. The number of benzene rings is 2. The van der Waals surface area contributed by atoms with Gasteiger partial charge in [-0.05, 0) is 30.7 Å². The van der Waals surface area contributed by atoms with Gasteiger partial charge in [0, 0.05) is 5.56 Å². The highest BCUT2D eigenvalue weighted by molar-refractivity contribution is 6.21. The molecule has 1 aromatic heterocycles. The fourth-order valence-corrected chi connectivity index (χ4v) is 2.76. The third-order valence-corrected chi connectivity index (χ3v) is 4.01.